The zero-order valence-corrected chi connectivity index (χ0v) is 12.2. The van der Waals surface area contributed by atoms with Crippen LogP contribution in [-0.4, -0.2) is 35.7 Å². The molecule has 0 aliphatic carbocycles. The first-order valence-electron chi connectivity index (χ1n) is 7.35. The molecule has 0 saturated heterocycles. The van der Waals surface area contributed by atoms with Crippen molar-refractivity contribution in [1.82, 2.24) is 9.88 Å². The molecule has 0 N–H and O–H groups in total. The van der Waals surface area contributed by atoms with Crippen LogP contribution in [0.4, 0.5) is 0 Å². The highest BCUT2D eigenvalue weighted by Crippen LogP contribution is 2.31. The Kier molecular flexibility index (Phi) is 4.36. The molecule has 4 nitrogen and oxygen atoms in total. The minimum absolute atomic E-state index is 0.0662. The minimum atomic E-state index is 0.0662. The SMILES string of the molecule is CCN(Cc1cccnc1)CC1COc2ccccc2O1. The molecule has 110 valence electrons. The predicted molar refractivity (Wildman–Crippen MR) is 81.5 cm³/mol. The average molecular weight is 284 g/mol. The third-order valence-corrected chi connectivity index (χ3v) is 3.61. The van der Waals surface area contributed by atoms with Crippen LogP contribution in [-0.2, 0) is 6.54 Å². The first-order chi connectivity index (χ1) is 10.3. The molecular weight excluding hydrogens is 264 g/mol. The number of ether oxygens (including phenoxy) is 2. The topological polar surface area (TPSA) is 34.6 Å². The van der Waals surface area contributed by atoms with Gasteiger partial charge in [-0.2, -0.15) is 0 Å². The molecule has 0 amide bonds. The molecule has 0 bridgehead atoms. The van der Waals surface area contributed by atoms with Gasteiger partial charge in [0.1, 0.15) is 12.7 Å². The maximum atomic E-state index is 6.02. The van der Waals surface area contributed by atoms with Crippen molar-refractivity contribution in [2.45, 2.75) is 19.6 Å². The van der Waals surface area contributed by atoms with Crippen LogP contribution in [0.1, 0.15) is 12.5 Å². The van der Waals surface area contributed by atoms with Gasteiger partial charge in [0.2, 0.25) is 0 Å². The van der Waals surface area contributed by atoms with Crippen molar-refractivity contribution in [1.29, 1.82) is 0 Å². The molecule has 21 heavy (non-hydrogen) atoms. The highest BCUT2D eigenvalue weighted by molar-refractivity contribution is 5.40. The van der Waals surface area contributed by atoms with Crippen molar-refractivity contribution < 1.29 is 9.47 Å². The molecule has 1 aliphatic heterocycles. The van der Waals surface area contributed by atoms with E-state index in [0.717, 1.165) is 31.1 Å². The smallest absolute Gasteiger partial charge is 0.161 e. The largest absolute Gasteiger partial charge is 0.486 e. The zero-order chi connectivity index (χ0) is 14.5. The lowest BCUT2D eigenvalue weighted by Gasteiger charge is -2.30. The quantitative estimate of drug-likeness (QED) is 0.845. The molecule has 1 aliphatic rings. The maximum Gasteiger partial charge on any atom is 0.161 e. The highest BCUT2D eigenvalue weighted by atomic mass is 16.6. The second-order valence-corrected chi connectivity index (χ2v) is 5.19. The number of benzene rings is 1. The van der Waals surface area contributed by atoms with Crippen LogP contribution >= 0.6 is 0 Å². The Hall–Kier alpha value is -2.07. The first-order valence-corrected chi connectivity index (χ1v) is 7.35. The van der Waals surface area contributed by atoms with E-state index >= 15 is 0 Å². The van der Waals surface area contributed by atoms with Gasteiger partial charge in [-0.3, -0.25) is 9.88 Å². The Morgan fingerprint density at radius 3 is 2.81 bits per heavy atom. The van der Waals surface area contributed by atoms with E-state index in [1.54, 1.807) is 6.20 Å². The van der Waals surface area contributed by atoms with Crippen LogP contribution in [0.3, 0.4) is 0 Å². The number of fused-ring (bicyclic) bond motifs is 1. The maximum absolute atomic E-state index is 6.02. The summed E-state index contributed by atoms with van der Waals surface area (Å²) < 4.78 is 11.8. The van der Waals surface area contributed by atoms with E-state index in [1.807, 2.05) is 36.5 Å². The van der Waals surface area contributed by atoms with Gasteiger partial charge in [-0.15, -0.1) is 0 Å². The number of nitrogens with zero attached hydrogens (tertiary/aromatic N) is 2. The fourth-order valence-corrected chi connectivity index (χ4v) is 2.50. The molecule has 0 saturated carbocycles. The predicted octanol–water partition coefficient (Wildman–Crippen LogP) is 2.74. The molecule has 3 rings (SSSR count). The van der Waals surface area contributed by atoms with Gasteiger partial charge in [-0.05, 0) is 30.3 Å². The third kappa shape index (κ3) is 3.52. The lowest BCUT2D eigenvalue weighted by Crippen LogP contribution is -2.40. The summed E-state index contributed by atoms with van der Waals surface area (Å²) in [7, 11) is 0. The van der Waals surface area contributed by atoms with Gasteiger partial charge in [0.05, 0.1) is 0 Å². The zero-order valence-electron chi connectivity index (χ0n) is 12.2. The van der Waals surface area contributed by atoms with E-state index in [2.05, 4.69) is 22.9 Å². The Labute approximate surface area is 125 Å². The number of pyridine rings is 1. The fraction of sp³-hybridized carbons (Fsp3) is 0.353. The molecular formula is C17H20N2O2. The molecule has 0 spiro atoms. The Balaban J connectivity index is 1.60. The first kappa shape index (κ1) is 13.9. The molecule has 2 heterocycles. The van der Waals surface area contributed by atoms with Crippen molar-refractivity contribution >= 4 is 0 Å². The third-order valence-electron chi connectivity index (χ3n) is 3.61. The van der Waals surface area contributed by atoms with Gasteiger partial charge in [0.15, 0.2) is 11.5 Å². The highest BCUT2D eigenvalue weighted by Gasteiger charge is 2.22. The van der Waals surface area contributed by atoms with E-state index in [-0.39, 0.29) is 6.10 Å². The number of para-hydroxylation sites is 2. The molecule has 1 unspecified atom stereocenters. The molecule has 1 aromatic carbocycles. The van der Waals surface area contributed by atoms with Crippen LogP contribution in [0.5, 0.6) is 11.5 Å². The van der Waals surface area contributed by atoms with E-state index in [9.17, 15) is 0 Å². The van der Waals surface area contributed by atoms with Crippen molar-refractivity contribution in [3.8, 4) is 11.5 Å². The number of hydrogen-bond acceptors (Lipinski definition) is 4. The molecule has 0 fully saturated rings. The van der Waals surface area contributed by atoms with E-state index in [0.29, 0.717) is 6.61 Å². The van der Waals surface area contributed by atoms with E-state index < -0.39 is 0 Å². The molecule has 1 atom stereocenters. The Morgan fingerprint density at radius 2 is 2.05 bits per heavy atom. The lowest BCUT2D eigenvalue weighted by atomic mass is 10.2. The second kappa shape index (κ2) is 6.59. The van der Waals surface area contributed by atoms with Crippen molar-refractivity contribution in [2.24, 2.45) is 0 Å². The van der Waals surface area contributed by atoms with Gasteiger partial charge in [0.25, 0.3) is 0 Å². The van der Waals surface area contributed by atoms with Crippen LogP contribution in [0.25, 0.3) is 0 Å². The number of likely N-dealkylation sites (N-methyl/N-ethyl adjacent to an activating group) is 1. The van der Waals surface area contributed by atoms with Gasteiger partial charge in [-0.25, -0.2) is 0 Å². The summed E-state index contributed by atoms with van der Waals surface area (Å²) in [5.74, 6) is 1.68. The van der Waals surface area contributed by atoms with Gasteiger partial charge in [-0.1, -0.05) is 25.1 Å². The van der Waals surface area contributed by atoms with Gasteiger partial charge < -0.3 is 9.47 Å². The number of hydrogen-bond donors (Lipinski definition) is 0. The Bertz CT molecular complexity index is 574. The fourth-order valence-electron chi connectivity index (χ4n) is 2.50. The standard InChI is InChI=1S/C17H20N2O2/c1-2-19(11-14-6-5-9-18-10-14)12-15-13-20-16-7-3-4-8-17(16)21-15/h3-10,15H,2,11-13H2,1H3. The summed E-state index contributed by atoms with van der Waals surface area (Å²) >= 11 is 0. The molecule has 4 heteroatoms. The van der Waals surface area contributed by atoms with E-state index in [4.69, 9.17) is 9.47 Å². The van der Waals surface area contributed by atoms with Gasteiger partial charge >= 0.3 is 0 Å². The number of aromatic nitrogens is 1. The Morgan fingerprint density at radius 1 is 1.19 bits per heavy atom. The summed E-state index contributed by atoms with van der Waals surface area (Å²) in [5.41, 5.74) is 1.22. The van der Waals surface area contributed by atoms with E-state index in [1.165, 1.54) is 5.56 Å². The summed E-state index contributed by atoms with van der Waals surface area (Å²) in [5, 5.41) is 0. The molecule has 1 aromatic heterocycles. The lowest BCUT2D eigenvalue weighted by molar-refractivity contribution is 0.0580. The summed E-state index contributed by atoms with van der Waals surface area (Å²) in [6, 6.07) is 11.9. The van der Waals surface area contributed by atoms with Crippen LogP contribution < -0.4 is 9.47 Å². The van der Waals surface area contributed by atoms with Crippen molar-refractivity contribution in [2.75, 3.05) is 19.7 Å². The average Bonchev–Trinajstić information content (AvgIpc) is 2.55. The van der Waals surface area contributed by atoms with Crippen molar-refractivity contribution in [3.05, 3.63) is 54.4 Å². The molecule has 2 aromatic rings. The minimum Gasteiger partial charge on any atom is -0.486 e. The monoisotopic (exact) mass is 284 g/mol. The van der Waals surface area contributed by atoms with Crippen molar-refractivity contribution in [3.63, 3.8) is 0 Å². The van der Waals surface area contributed by atoms with Crippen LogP contribution in [0, 0.1) is 0 Å². The molecule has 0 radical (unpaired) electrons. The number of rotatable bonds is 5. The normalized spacial score (nSPS) is 17.0. The second-order valence-electron chi connectivity index (χ2n) is 5.19. The van der Waals surface area contributed by atoms with Gasteiger partial charge in [0, 0.05) is 25.5 Å². The summed E-state index contributed by atoms with van der Waals surface area (Å²) in [6.07, 6.45) is 3.78. The van der Waals surface area contributed by atoms with Crippen LogP contribution in [0.15, 0.2) is 48.8 Å². The summed E-state index contributed by atoms with van der Waals surface area (Å²) in [6.45, 7) is 5.45. The van der Waals surface area contributed by atoms with Crippen LogP contribution in [0.2, 0.25) is 0 Å². The summed E-state index contributed by atoms with van der Waals surface area (Å²) in [4.78, 5) is 6.51.